The standard InChI is InChI=1S/C16H28N4O2/c1-16(8-6-10-22-16)12-19-15(17-2)18-11-13(20(3)4)14-7-5-9-21-14/h5,7,9,13H,6,8,10-12H2,1-4H3,(H2,17,18,19). The molecule has 0 radical (unpaired) electrons. The van der Waals surface area contributed by atoms with E-state index in [4.69, 9.17) is 9.15 Å². The van der Waals surface area contributed by atoms with Gasteiger partial charge in [-0.05, 0) is 46.0 Å². The minimum Gasteiger partial charge on any atom is -0.468 e. The van der Waals surface area contributed by atoms with Gasteiger partial charge < -0.3 is 19.8 Å². The second-order valence-corrected chi connectivity index (χ2v) is 6.20. The van der Waals surface area contributed by atoms with Crippen molar-refractivity contribution >= 4 is 5.96 Å². The fraction of sp³-hybridized carbons (Fsp3) is 0.688. The lowest BCUT2D eigenvalue weighted by molar-refractivity contribution is 0.0242. The average molecular weight is 308 g/mol. The van der Waals surface area contributed by atoms with Crippen LogP contribution in [0.25, 0.3) is 0 Å². The van der Waals surface area contributed by atoms with E-state index in [2.05, 4.69) is 27.4 Å². The number of guanidine groups is 1. The predicted molar refractivity (Wildman–Crippen MR) is 88.1 cm³/mol. The van der Waals surface area contributed by atoms with Gasteiger partial charge in [-0.3, -0.25) is 9.89 Å². The second kappa shape index (κ2) is 7.65. The number of likely N-dealkylation sites (N-methyl/N-ethyl adjacent to an activating group) is 1. The maximum Gasteiger partial charge on any atom is 0.191 e. The molecule has 0 spiro atoms. The number of aliphatic imine (C=N–C) groups is 1. The molecule has 0 aliphatic carbocycles. The summed E-state index contributed by atoms with van der Waals surface area (Å²) in [6.45, 7) is 4.48. The van der Waals surface area contributed by atoms with Crippen molar-refractivity contribution in [2.75, 3.05) is 40.8 Å². The molecule has 2 rings (SSSR count). The van der Waals surface area contributed by atoms with Gasteiger partial charge in [0.15, 0.2) is 5.96 Å². The van der Waals surface area contributed by atoms with Crippen LogP contribution in [0.1, 0.15) is 31.6 Å². The van der Waals surface area contributed by atoms with Crippen LogP contribution < -0.4 is 10.6 Å². The molecule has 2 atom stereocenters. The molecule has 0 saturated carbocycles. The van der Waals surface area contributed by atoms with E-state index in [-0.39, 0.29) is 11.6 Å². The Morgan fingerprint density at radius 1 is 1.45 bits per heavy atom. The minimum absolute atomic E-state index is 0.0837. The third-order valence-corrected chi connectivity index (χ3v) is 4.11. The van der Waals surface area contributed by atoms with E-state index in [1.165, 1.54) is 0 Å². The highest BCUT2D eigenvalue weighted by atomic mass is 16.5. The zero-order valence-electron chi connectivity index (χ0n) is 14.1. The maximum atomic E-state index is 5.79. The van der Waals surface area contributed by atoms with E-state index in [1.54, 1.807) is 13.3 Å². The van der Waals surface area contributed by atoms with E-state index in [1.807, 2.05) is 26.2 Å². The van der Waals surface area contributed by atoms with E-state index in [0.29, 0.717) is 0 Å². The Morgan fingerprint density at radius 2 is 2.27 bits per heavy atom. The summed E-state index contributed by atoms with van der Waals surface area (Å²) in [5.74, 6) is 1.73. The highest BCUT2D eigenvalue weighted by Gasteiger charge is 2.29. The van der Waals surface area contributed by atoms with Gasteiger partial charge in [-0.1, -0.05) is 0 Å². The second-order valence-electron chi connectivity index (χ2n) is 6.20. The van der Waals surface area contributed by atoms with Crippen molar-refractivity contribution in [2.24, 2.45) is 4.99 Å². The molecule has 1 fully saturated rings. The SMILES string of the molecule is CN=C(NCC(c1ccco1)N(C)C)NCC1(C)CCCO1. The first kappa shape index (κ1) is 16.8. The van der Waals surface area contributed by atoms with Gasteiger partial charge in [0.1, 0.15) is 5.76 Å². The summed E-state index contributed by atoms with van der Waals surface area (Å²) >= 11 is 0. The number of nitrogens with one attached hydrogen (secondary N) is 2. The van der Waals surface area contributed by atoms with Crippen LogP contribution >= 0.6 is 0 Å². The Labute approximate surface area is 132 Å². The summed E-state index contributed by atoms with van der Waals surface area (Å²) < 4.78 is 11.3. The summed E-state index contributed by atoms with van der Waals surface area (Å²) in [7, 11) is 5.86. The molecular formula is C16H28N4O2. The molecule has 1 aliphatic rings. The molecule has 124 valence electrons. The Bertz CT molecular complexity index is 465. The Balaban J connectivity index is 1.84. The molecule has 6 nitrogen and oxygen atoms in total. The van der Waals surface area contributed by atoms with Gasteiger partial charge in [-0.25, -0.2) is 0 Å². The first-order valence-electron chi connectivity index (χ1n) is 7.82. The van der Waals surface area contributed by atoms with Crippen LogP contribution in [0.15, 0.2) is 27.8 Å². The molecule has 1 saturated heterocycles. The number of hydrogen-bond donors (Lipinski definition) is 2. The summed E-state index contributed by atoms with van der Waals surface area (Å²) in [4.78, 5) is 6.41. The average Bonchev–Trinajstić information content (AvgIpc) is 3.14. The van der Waals surface area contributed by atoms with E-state index in [0.717, 1.165) is 44.3 Å². The molecule has 0 amide bonds. The normalized spacial score (nSPS) is 23.8. The van der Waals surface area contributed by atoms with Crippen molar-refractivity contribution in [1.82, 2.24) is 15.5 Å². The van der Waals surface area contributed by atoms with Gasteiger partial charge in [0, 0.05) is 26.7 Å². The fourth-order valence-corrected chi connectivity index (χ4v) is 2.68. The molecule has 0 aromatic carbocycles. The molecule has 2 N–H and O–H groups in total. The highest BCUT2D eigenvalue weighted by molar-refractivity contribution is 5.79. The van der Waals surface area contributed by atoms with Crippen molar-refractivity contribution in [1.29, 1.82) is 0 Å². The largest absolute Gasteiger partial charge is 0.468 e. The van der Waals surface area contributed by atoms with Crippen LogP contribution in [0.3, 0.4) is 0 Å². The smallest absolute Gasteiger partial charge is 0.191 e. The van der Waals surface area contributed by atoms with Gasteiger partial charge >= 0.3 is 0 Å². The van der Waals surface area contributed by atoms with Crippen LogP contribution in [-0.2, 0) is 4.74 Å². The first-order chi connectivity index (χ1) is 10.5. The van der Waals surface area contributed by atoms with Crippen molar-refractivity contribution < 1.29 is 9.15 Å². The van der Waals surface area contributed by atoms with Gasteiger partial charge in [-0.2, -0.15) is 0 Å². The molecular weight excluding hydrogens is 280 g/mol. The van der Waals surface area contributed by atoms with E-state index < -0.39 is 0 Å². The molecule has 22 heavy (non-hydrogen) atoms. The Kier molecular flexibility index (Phi) is 5.85. The summed E-state index contributed by atoms with van der Waals surface area (Å²) in [5.41, 5.74) is -0.0837. The van der Waals surface area contributed by atoms with Crippen LogP contribution in [0.5, 0.6) is 0 Å². The molecule has 2 unspecified atom stereocenters. The molecule has 0 bridgehead atoms. The van der Waals surface area contributed by atoms with Crippen molar-refractivity contribution in [3.63, 3.8) is 0 Å². The summed E-state index contributed by atoms with van der Waals surface area (Å²) in [6, 6.07) is 4.07. The lowest BCUT2D eigenvalue weighted by Gasteiger charge is -2.26. The minimum atomic E-state index is -0.0837. The highest BCUT2D eigenvalue weighted by Crippen LogP contribution is 2.23. The van der Waals surface area contributed by atoms with Gasteiger partial charge in [0.05, 0.1) is 17.9 Å². The lowest BCUT2D eigenvalue weighted by atomic mass is 10.0. The van der Waals surface area contributed by atoms with E-state index in [9.17, 15) is 0 Å². The third kappa shape index (κ3) is 4.48. The van der Waals surface area contributed by atoms with Crippen molar-refractivity contribution in [3.8, 4) is 0 Å². The van der Waals surface area contributed by atoms with Crippen LogP contribution in [0.4, 0.5) is 0 Å². The topological polar surface area (TPSA) is 62.0 Å². The molecule has 1 aromatic rings. The van der Waals surface area contributed by atoms with Crippen LogP contribution in [0, 0.1) is 0 Å². The monoisotopic (exact) mass is 308 g/mol. The number of nitrogens with zero attached hydrogens (tertiary/aromatic N) is 2. The molecule has 1 aliphatic heterocycles. The van der Waals surface area contributed by atoms with Gasteiger partial charge in [0.25, 0.3) is 0 Å². The van der Waals surface area contributed by atoms with Crippen LogP contribution in [0.2, 0.25) is 0 Å². The van der Waals surface area contributed by atoms with Crippen molar-refractivity contribution in [2.45, 2.75) is 31.4 Å². The quantitative estimate of drug-likeness (QED) is 0.618. The zero-order chi connectivity index (χ0) is 16.0. The fourth-order valence-electron chi connectivity index (χ4n) is 2.68. The lowest BCUT2D eigenvalue weighted by Crippen LogP contribution is -2.47. The number of hydrogen-bond acceptors (Lipinski definition) is 4. The summed E-state index contributed by atoms with van der Waals surface area (Å²) in [6.07, 6.45) is 3.92. The number of rotatable bonds is 6. The maximum absolute atomic E-state index is 5.79. The zero-order valence-corrected chi connectivity index (χ0v) is 14.1. The van der Waals surface area contributed by atoms with Crippen LogP contribution in [-0.4, -0.2) is 57.3 Å². The Hall–Kier alpha value is -1.53. The van der Waals surface area contributed by atoms with Crippen molar-refractivity contribution in [3.05, 3.63) is 24.2 Å². The third-order valence-electron chi connectivity index (χ3n) is 4.11. The van der Waals surface area contributed by atoms with Gasteiger partial charge in [0.2, 0.25) is 0 Å². The van der Waals surface area contributed by atoms with Gasteiger partial charge in [-0.15, -0.1) is 0 Å². The molecule has 1 aromatic heterocycles. The number of ether oxygens (including phenoxy) is 1. The summed E-state index contributed by atoms with van der Waals surface area (Å²) in [5, 5.41) is 6.72. The molecule has 6 heteroatoms. The first-order valence-corrected chi connectivity index (χ1v) is 7.82. The van der Waals surface area contributed by atoms with E-state index >= 15 is 0 Å². The Morgan fingerprint density at radius 3 is 2.82 bits per heavy atom. The predicted octanol–water partition coefficient (Wildman–Crippen LogP) is 1.62. The number of furan rings is 1. The molecule has 2 heterocycles.